The van der Waals surface area contributed by atoms with Crippen LogP contribution in [0.3, 0.4) is 0 Å². The van der Waals surface area contributed by atoms with Gasteiger partial charge in [-0.3, -0.25) is 4.74 Å². The molecule has 0 aromatic carbocycles. The van der Waals surface area contributed by atoms with Crippen molar-refractivity contribution in [2.45, 2.75) is 31.3 Å². The van der Waals surface area contributed by atoms with Crippen molar-refractivity contribution in [2.24, 2.45) is 0 Å². The summed E-state index contributed by atoms with van der Waals surface area (Å²) in [4.78, 5) is 0. The van der Waals surface area contributed by atoms with Gasteiger partial charge in [0, 0.05) is 6.42 Å². The summed E-state index contributed by atoms with van der Waals surface area (Å²) in [5, 5.41) is 0. The van der Waals surface area contributed by atoms with Crippen LogP contribution in [0.1, 0.15) is 12.8 Å². The fourth-order valence-electron chi connectivity index (χ4n) is 0.624. The van der Waals surface area contributed by atoms with Crippen LogP contribution in [0.5, 0.6) is 0 Å². The molecular formula is C6H6F8O. The predicted molar refractivity (Wildman–Crippen MR) is 32.2 cm³/mol. The van der Waals surface area contributed by atoms with E-state index in [2.05, 4.69) is 4.74 Å². The Hall–Kier alpha value is -0.600. The molecule has 0 fully saturated rings. The second-order valence-electron chi connectivity index (χ2n) is 2.60. The normalized spacial score (nSPS) is 14.4. The van der Waals surface area contributed by atoms with Gasteiger partial charge >= 0.3 is 18.5 Å². The van der Waals surface area contributed by atoms with E-state index in [1.807, 2.05) is 0 Å². The van der Waals surface area contributed by atoms with Crippen molar-refractivity contribution in [3.8, 4) is 0 Å². The van der Waals surface area contributed by atoms with E-state index in [1.54, 1.807) is 0 Å². The van der Waals surface area contributed by atoms with Gasteiger partial charge < -0.3 is 0 Å². The maximum Gasteiger partial charge on any atom is 0.522 e. The molecule has 0 bridgehead atoms. The molecule has 0 aromatic heterocycles. The van der Waals surface area contributed by atoms with Gasteiger partial charge in [0.25, 0.3) is 0 Å². The maximum absolute atomic E-state index is 12.1. The average molecular weight is 246 g/mol. The summed E-state index contributed by atoms with van der Waals surface area (Å²) < 4.78 is 95.5. The number of hydrogen-bond acceptors (Lipinski definition) is 1. The molecule has 15 heavy (non-hydrogen) atoms. The van der Waals surface area contributed by atoms with Crippen LogP contribution >= 0.6 is 0 Å². The molecule has 0 heterocycles. The Kier molecular flexibility index (Phi) is 4.32. The molecule has 0 N–H and O–H groups in total. The topological polar surface area (TPSA) is 9.23 Å². The van der Waals surface area contributed by atoms with E-state index >= 15 is 0 Å². The van der Waals surface area contributed by atoms with Crippen LogP contribution in [0.15, 0.2) is 0 Å². The van der Waals surface area contributed by atoms with E-state index in [4.69, 9.17) is 0 Å². The Balaban J connectivity index is 3.87. The van der Waals surface area contributed by atoms with Crippen molar-refractivity contribution in [3.63, 3.8) is 0 Å². The zero-order valence-electron chi connectivity index (χ0n) is 7.05. The molecule has 0 saturated carbocycles. The summed E-state index contributed by atoms with van der Waals surface area (Å²) >= 11 is 0. The molecular weight excluding hydrogens is 240 g/mol. The van der Waals surface area contributed by atoms with Gasteiger partial charge in [-0.1, -0.05) is 0 Å². The van der Waals surface area contributed by atoms with Crippen molar-refractivity contribution in [2.75, 3.05) is 6.61 Å². The fraction of sp³-hybridized carbons (Fsp3) is 1.00. The van der Waals surface area contributed by atoms with Crippen molar-refractivity contribution in [1.82, 2.24) is 0 Å². The highest BCUT2D eigenvalue weighted by molar-refractivity contribution is 4.75. The molecule has 0 unspecified atom stereocenters. The lowest BCUT2D eigenvalue weighted by Gasteiger charge is -2.19. The molecule has 0 saturated heterocycles. The first kappa shape index (κ1) is 14.4. The third-order valence-electron chi connectivity index (χ3n) is 1.32. The Labute approximate surface area is 79.0 Å². The van der Waals surface area contributed by atoms with E-state index in [-0.39, 0.29) is 0 Å². The van der Waals surface area contributed by atoms with Gasteiger partial charge in [-0.2, -0.15) is 22.0 Å². The van der Waals surface area contributed by atoms with Gasteiger partial charge in [0.1, 0.15) is 0 Å². The van der Waals surface area contributed by atoms with Crippen molar-refractivity contribution < 1.29 is 39.9 Å². The maximum atomic E-state index is 12.1. The third kappa shape index (κ3) is 5.75. The smallest absolute Gasteiger partial charge is 0.292 e. The third-order valence-corrected chi connectivity index (χ3v) is 1.32. The van der Waals surface area contributed by atoms with Crippen LogP contribution in [-0.4, -0.2) is 25.1 Å². The lowest BCUT2D eigenvalue weighted by molar-refractivity contribution is -0.327. The largest absolute Gasteiger partial charge is 0.522 e. The first-order chi connectivity index (χ1) is 6.46. The standard InChI is InChI=1S/C6H6F8O/c7-4(8,5(9,10)11)2-1-3-15-6(12,13)14/h1-3H2. The number of ether oxygens (including phenoxy) is 1. The van der Waals surface area contributed by atoms with Gasteiger partial charge in [0.2, 0.25) is 0 Å². The molecule has 0 atom stereocenters. The van der Waals surface area contributed by atoms with Gasteiger partial charge in [-0.15, -0.1) is 13.2 Å². The molecule has 0 spiro atoms. The van der Waals surface area contributed by atoms with Gasteiger partial charge in [-0.05, 0) is 6.42 Å². The average Bonchev–Trinajstić information content (AvgIpc) is 1.94. The molecule has 0 aliphatic rings. The van der Waals surface area contributed by atoms with E-state index in [9.17, 15) is 35.1 Å². The molecule has 9 heteroatoms. The second kappa shape index (κ2) is 4.50. The van der Waals surface area contributed by atoms with Crippen LogP contribution in [0.4, 0.5) is 35.1 Å². The predicted octanol–water partition coefficient (Wildman–Crippen LogP) is 3.50. The summed E-state index contributed by atoms with van der Waals surface area (Å²) in [6, 6.07) is 0. The van der Waals surface area contributed by atoms with Crippen molar-refractivity contribution >= 4 is 0 Å². The Morgan fingerprint density at radius 1 is 0.800 bits per heavy atom. The highest BCUT2D eigenvalue weighted by Gasteiger charge is 2.56. The first-order valence-corrected chi connectivity index (χ1v) is 3.61. The molecule has 0 aliphatic carbocycles. The summed E-state index contributed by atoms with van der Waals surface area (Å²) in [5.74, 6) is -4.98. The van der Waals surface area contributed by atoms with Crippen LogP contribution in [-0.2, 0) is 4.74 Å². The lowest BCUT2D eigenvalue weighted by atomic mass is 10.2. The Morgan fingerprint density at radius 2 is 1.27 bits per heavy atom. The van der Waals surface area contributed by atoms with E-state index in [0.717, 1.165) is 0 Å². The molecule has 92 valence electrons. The minimum absolute atomic E-state index is 1.04. The first-order valence-electron chi connectivity index (χ1n) is 3.61. The van der Waals surface area contributed by atoms with E-state index < -0.39 is 37.9 Å². The van der Waals surface area contributed by atoms with Crippen LogP contribution < -0.4 is 0 Å². The number of alkyl halides is 8. The second-order valence-corrected chi connectivity index (χ2v) is 2.60. The minimum atomic E-state index is -5.74. The SMILES string of the molecule is FC(F)(F)OCCCC(F)(F)C(F)(F)F. The highest BCUT2D eigenvalue weighted by atomic mass is 19.4. The summed E-state index contributed by atoms with van der Waals surface area (Å²) in [5.41, 5.74) is 0. The zero-order chi connectivity index (χ0) is 12.3. The molecule has 0 rings (SSSR count). The fourth-order valence-corrected chi connectivity index (χ4v) is 0.624. The number of hydrogen-bond donors (Lipinski definition) is 0. The monoisotopic (exact) mass is 246 g/mol. The molecule has 0 aliphatic heterocycles. The summed E-state index contributed by atoms with van der Waals surface area (Å²) in [7, 11) is 0. The molecule has 1 nitrogen and oxygen atoms in total. The van der Waals surface area contributed by atoms with Gasteiger partial charge in [0.15, 0.2) is 0 Å². The number of halogens is 8. The summed E-state index contributed by atoms with van der Waals surface area (Å²) in [6.07, 6.45) is -13.5. The van der Waals surface area contributed by atoms with Crippen LogP contribution in [0, 0.1) is 0 Å². The van der Waals surface area contributed by atoms with E-state index in [1.165, 1.54) is 0 Å². The van der Waals surface area contributed by atoms with Gasteiger partial charge in [-0.25, -0.2) is 0 Å². The molecule has 0 radical (unpaired) electrons. The van der Waals surface area contributed by atoms with Crippen LogP contribution in [0.2, 0.25) is 0 Å². The Bertz CT molecular complexity index is 192. The molecule has 0 aromatic rings. The molecule has 0 amide bonds. The lowest BCUT2D eigenvalue weighted by Crippen LogP contribution is -2.36. The quantitative estimate of drug-likeness (QED) is 0.544. The highest BCUT2D eigenvalue weighted by Crippen LogP contribution is 2.38. The zero-order valence-corrected chi connectivity index (χ0v) is 7.05. The van der Waals surface area contributed by atoms with Crippen LogP contribution in [0.25, 0.3) is 0 Å². The minimum Gasteiger partial charge on any atom is -0.292 e. The number of rotatable bonds is 4. The van der Waals surface area contributed by atoms with Crippen molar-refractivity contribution in [3.05, 3.63) is 0 Å². The summed E-state index contributed by atoms with van der Waals surface area (Å²) in [6.45, 7) is -1.23. The van der Waals surface area contributed by atoms with Crippen molar-refractivity contribution in [1.29, 1.82) is 0 Å². The van der Waals surface area contributed by atoms with E-state index in [0.29, 0.717) is 0 Å². The Morgan fingerprint density at radius 3 is 1.60 bits per heavy atom. The van der Waals surface area contributed by atoms with Gasteiger partial charge in [0.05, 0.1) is 6.61 Å².